The van der Waals surface area contributed by atoms with Crippen LogP contribution in [0, 0.1) is 0 Å². The van der Waals surface area contributed by atoms with Crippen molar-refractivity contribution in [3.8, 4) is 39.1 Å². The van der Waals surface area contributed by atoms with E-state index in [2.05, 4.69) is 254 Å². The van der Waals surface area contributed by atoms with E-state index < -0.39 is 5.41 Å². The summed E-state index contributed by atoms with van der Waals surface area (Å²) in [5.41, 5.74) is 16.6. The van der Waals surface area contributed by atoms with Gasteiger partial charge in [0.15, 0.2) is 0 Å². The number of fused-ring (bicyclic) bond motifs is 12. The van der Waals surface area contributed by atoms with Crippen molar-refractivity contribution in [3.05, 3.63) is 277 Å². The highest BCUT2D eigenvalue weighted by Crippen LogP contribution is 2.58. The van der Waals surface area contributed by atoms with Gasteiger partial charge in [-0.15, -0.1) is 0 Å². The van der Waals surface area contributed by atoms with Crippen LogP contribution in [0.4, 0.5) is 17.1 Å². The van der Waals surface area contributed by atoms with E-state index in [1.807, 2.05) is 0 Å². The Labute approximate surface area is 403 Å². The van der Waals surface area contributed by atoms with Gasteiger partial charge in [0.1, 0.15) is 11.9 Å². The van der Waals surface area contributed by atoms with E-state index in [1.54, 1.807) is 0 Å². The molecule has 10 aromatic rings. The molecule has 326 valence electrons. The summed E-state index contributed by atoms with van der Waals surface area (Å²) >= 11 is 0. The molecule has 0 spiro atoms. The topological polar surface area (TPSA) is 12.5 Å². The third-order valence-electron chi connectivity index (χ3n) is 15.3. The molecule has 0 N–H and O–H groups in total. The summed E-state index contributed by atoms with van der Waals surface area (Å²) in [6.45, 7) is 0. The molecule has 1 aliphatic heterocycles. The van der Waals surface area contributed by atoms with Gasteiger partial charge in [-0.1, -0.05) is 194 Å². The van der Waals surface area contributed by atoms with Gasteiger partial charge < -0.3 is 9.64 Å². The van der Waals surface area contributed by atoms with Crippen LogP contribution in [-0.4, -0.2) is 6.10 Å². The van der Waals surface area contributed by atoms with Gasteiger partial charge in [0.25, 0.3) is 0 Å². The van der Waals surface area contributed by atoms with Crippen molar-refractivity contribution >= 4 is 49.4 Å². The van der Waals surface area contributed by atoms with E-state index in [1.165, 1.54) is 93.5 Å². The summed E-state index contributed by atoms with van der Waals surface area (Å²) in [4.78, 5) is 2.46. The van der Waals surface area contributed by atoms with Crippen LogP contribution >= 0.6 is 0 Å². The van der Waals surface area contributed by atoms with E-state index in [-0.39, 0.29) is 12.0 Å². The Bertz CT molecular complexity index is 3800. The van der Waals surface area contributed by atoms with Crippen LogP contribution in [0.3, 0.4) is 0 Å². The maximum absolute atomic E-state index is 6.52. The second-order valence-corrected chi connectivity index (χ2v) is 18.9. The molecule has 0 amide bonds. The molecule has 1 heterocycles. The predicted molar refractivity (Wildman–Crippen MR) is 288 cm³/mol. The second kappa shape index (κ2) is 15.8. The standard InChI is InChI=1S/C67H47NO/c1-3-18-47(19-4-1)67(48-20-5-2-6-21-48)62-30-13-11-27-58(62)59-40-38-51(43-63(59)67)68(50-22-15-17-46(41-50)52-29-16-32-65-66(52)60-28-12-14-31-64(60)69-65)49-36-33-44(34-37-49)45-35-39-57-55-25-8-7-23-53(55)54-24-9-10-26-56(54)61(57)42-45/h1,3-5,7-43,60,64H,2,6H2. The second-order valence-electron chi connectivity index (χ2n) is 18.9. The van der Waals surface area contributed by atoms with Crippen LogP contribution in [0.1, 0.15) is 41.0 Å². The van der Waals surface area contributed by atoms with Crippen LogP contribution in [-0.2, 0) is 5.41 Å². The number of ether oxygens (including phenoxy) is 1. The monoisotopic (exact) mass is 881 g/mol. The minimum absolute atomic E-state index is 0.0135. The maximum Gasteiger partial charge on any atom is 0.128 e. The molecular weight excluding hydrogens is 835 g/mol. The summed E-state index contributed by atoms with van der Waals surface area (Å²) in [6.07, 6.45) is 18.0. The smallest absolute Gasteiger partial charge is 0.128 e. The van der Waals surface area contributed by atoms with Crippen LogP contribution in [0.15, 0.2) is 254 Å². The van der Waals surface area contributed by atoms with E-state index in [0.717, 1.165) is 35.7 Å². The summed E-state index contributed by atoms with van der Waals surface area (Å²) < 4.78 is 6.52. The van der Waals surface area contributed by atoms with Crippen LogP contribution in [0.2, 0.25) is 0 Å². The molecule has 2 heteroatoms. The Kier molecular flexibility index (Phi) is 9.10. The summed E-state index contributed by atoms with van der Waals surface area (Å²) in [6, 6.07) is 76.9. The van der Waals surface area contributed by atoms with Gasteiger partial charge in [-0.3, -0.25) is 0 Å². The predicted octanol–water partition coefficient (Wildman–Crippen LogP) is 17.5. The number of benzene rings is 10. The average molecular weight is 882 g/mol. The van der Waals surface area contributed by atoms with Gasteiger partial charge in [0.05, 0.1) is 5.41 Å². The van der Waals surface area contributed by atoms with Crippen molar-refractivity contribution in [1.29, 1.82) is 0 Å². The van der Waals surface area contributed by atoms with Gasteiger partial charge in [0.2, 0.25) is 0 Å². The fourth-order valence-electron chi connectivity index (χ4n) is 12.3. The first-order valence-corrected chi connectivity index (χ1v) is 24.4. The Morgan fingerprint density at radius 3 is 1.88 bits per heavy atom. The lowest BCUT2D eigenvalue weighted by Crippen LogP contribution is -2.29. The average Bonchev–Trinajstić information content (AvgIpc) is 3.96. The van der Waals surface area contributed by atoms with Crippen molar-refractivity contribution in [3.63, 3.8) is 0 Å². The summed E-state index contributed by atoms with van der Waals surface area (Å²) in [7, 11) is 0. The Morgan fingerprint density at radius 2 is 1.09 bits per heavy atom. The molecule has 14 rings (SSSR count). The Morgan fingerprint density at radius 1 is 0.435 bits per heavy atom. The quantitative estimate of drug-likeness (QED) is 0.148. The zero-order chi connectivity index (χ0) is 45.5. The summed E-state index contributed by atoms with van der Waals surface area (Å²) in [5.74, 6) is 1.14. The first-order chi connectivity index (χ1) is 34.2. The van der Waals surface area contributed by atoms with Gasteiger partial charge in [-0.2, -0.15) is 0 Å². The van der Waals surface area contributed by atoms with Crippen LogP contribution in [0.5, 0.6) is 5.75 Å². The number of hydrogen-bond donors (Lipinski definition) is 0. The summed E-state index contributed by atoms with van der Waals surface area (Å²) in [5, 5.41) is 7.70. The maximum atomic E-state index is 6.52. The molecule has 0 aromatic heterocycles. The molecule has 3 unspecified atom stereocenters. The zero-order valence-electron chi connectivity index (χ0n) is 38.1. The number of allylic oxidation sites excluding steroid dienone is 6. The lowest BCUT2D eigenvalue weighted by Gasteiger charge is -2.36. The van der Waals surface area contributed by atoms with E-state index in [4.69, 9.17) is 4.74 Å². The van der Waals surface area contributed by atoms with Crippen LogP contribution < -0.4 is 9.64 Å². The van der Waals surface area contributed by atoms with Gasteiger partial charge in [0, 0.05) is 28.5 Å². The molecule has 0 fully saturated rings. The third kappa shape index (κ3) is 6.12. The van der Waals surface area contributed by atoms with Gasteiger partial charge >= 0.3 is 0 Å². The molecule has 69 heavy (non-hydrogen) atoms. The molecule has 3 aliphatic carbocycles. The van der Waals surface area contributed by atoms with Crippen molar-refractivity contribution in [2.45, 2.75) is 30.3 Å². The van der Waals surface area contributed by atoms with E-state index in [0.29, 0.717) is 0 Å². The highest BCUT2D eigenvalue weighted by Gasteiger charge is 2.47. The molecule has 0 bridgehead atoms. The molecule has 0 saturated carbocycles. The first kappa shape index (κ1) is 39.7. The molecular formula is C67H47NO. The Hall–Kier alpha value is -8.46. The number of hydrogen-bond acceptors (Lipinski definition) is 2. The van der Waals surface area contributed by atoms with E-state index >= 15 is 0 Å². The fourth-order valence-corrected chi connectivity index (χ4v) is 12.3. The fraction of sp³-hybridized carbons (Fsp3) is 0.0746. The van der Waals surface area contributed by atoms with Crippen molar-refractivity contribution in [2.75, 3.05) is 4.90 Å². The number of nitrogens with zero attached hydrogens (tertiary/aromatic N) is 1. The van der Waals surface area contributed by atoms with Crippen molar-refractivity contribution in [2.24, 2.45) is 0 Å². The Balaban J connectivity index is 0.952. The van der Waals surface area contributed by atoms with Crippen molar-refractivity contribution in [1.82, 2.24) is 0 Å². The highest BCUT2D eigenvalue weighted by molar-refractivity contribution is 6.25. The first-order valence-electron chi connectivity index (χ1n) is 24.4. The molecule has 4 aliphatic rings. The minimum Gasteiger partial charge on any atom is -0.485 e. The largest absolute Gasteiger partial charge is 0.485 e. The SMILES string of the molecule is C1=CC2Oc3cccc(-c4cccc(N(c5ccc(-c6ccc7c8ccccc8c8ccccc8c7c6)cc5)c5ccc6c(c5)C(C5=CCCC=C5)(c5ccccc5)c5ccccc5-6)c4)c3C2C=C1. The third-order valence-corrected chi connectivity index (χ3v) is 15.3. The zero-order valence-corrected chi connectivity index (χ0v) is 38.1. The molecule has 0 saturated heterocycles. The molecule has 3 atom stereocenters. The normalized spacial score (nSPS) is 18.4. The molecule has 0 radical (unpaired) electrons. The molecule has 2 nitrogen and oxygen atoms in total. The highest BCUT2D eigenvalue weighted by atomic mass is 16.5. The minimum atomic E-state index is -0.480. The molecule has 10 aromatic carbocycles. The van der Waals surface area contributed by atoms with Gasteiger partial charge in [-0.25, -0.2) is 0 Å². The lowest BCUT2D eigenvalue weighted by molar-refractivity contribution is 0.269. The number of anilines is 3. The lowest BCUT2D eigenvalue weighted by atomic mass is 9.66. The van der Waals surface area contributed by atoms with E-state index in [9.17, 15) is 0 Å². The van der Waals surface area contributed by atoms with Crippen LogP contribution in [0.25, 0.3) is 65.7 Å². The van der Waals surface area contributed by atoms with Gasteiger partial charge in [-0.05, 0) is 155 Å². The number of rotatable bonds is 7. The van der Waals surface area contributed by atoms with Crippen molar-refractivity contribution < 1.29 is 4.74 Å².